The number of hydrogen-bond acceptors (Lipinski definition) is 1. The summed E-state index contributed by atoms with van der Waals surface area (Å²) in [6.07, 6.45) is -3.70. The van der Waals surface area contributed by atoms with Gasteiger partial charge in [-0.2, -0.15) is 0 Å². The van der Waals surface area contributed by atoms with Gasteiger partial charge in [-0.1, -0.05) is 41.9 Å². The molecule has 0 spiro atoms. The van der Waals surface area contributed by atoms with E-state index in [1.807, 2.05) is 0 Å². The standard InChI is InChI=1S/C15H12ClF3O/c16-12-6-2-4-10(14(12)17)8-13(20)9-3-1-5-11(7-9)15(18)19/h1-7,13,15,20H,8H2. The summed E-state index contributed by atoms with van der Waals surface area (Å²) in [5.74, 6) is -0.599. The Morgan fingerprint density at radius 2 is 1.70 bits per heavy atom. The summed E-state index contributed by atoms with van der Waals surface area (Å²) in [5, 5.41) is 10.0. The summed E-state index contributed by atoms with van der Waals surface area (Å²) in [4.78, 5) is 0. The second kappa shape index (κ2) is 6.29. The predicted octanol–water partition coefficient (Wildman–Crippen LogP) is 4.69. The zero-order valence-electron chi connectivity index (χ0n) is 10.4. The Morgan fingerprint density at radius 3 is 2.40 bits per heavy atom. The van der Waals surface area contributed by atoms with E-state index >= 15 is 0 Å². The van der Waals surface area contributed by atoms with Crippen LogP contribution in [0.4, 0.5) is 13.2 Å². The van der Waals surface area contributed by atoms with Crippen LogP contribution in [0.2, 0.25) is 5.02 Å². The third-order valence-electron chi connectivity index (χ3n) is 2.99. The summed E-state index contributed by atoms with van der Waals surface area (Å²) in [7, 11) is 0. The van der Waals surface area contributed by atoms with Gasteiger partial charge in [-0.25, -0.2) is 13.2 Å². The number of benzene rings is 2. The van der Waals surface area contributed by atoms with Crippen LogP contribution < -0.4 is 0 Å². The lowest BCUT2D eigenvalue weighted by atomic mass is 9.99. The Morgan fingerprint density at radius 1 is 1.05 bits per heavy atom. The minimum Gasteiger partial charge on any atom is -0.388 e. The molecular weight excluding hydrogens is 289 g/mol. The van der Waals surface area contributed by atoms with Crippen LogP contribution in [0.1, 0.15) is 29.2 Å². The van der Waals surface area contributed by atoms with E-state index < -0.39 is 18.3 Å². The van der Waals surface area contributed by atoms with Crippen LogP contribution in [0.15, 0.2) is 42.5 Å². The third-order valence-corrected chi connectivity index (χ3v) is 3.28. The van der Waals surface area contributed by atoms with Gasteiger partial charge in [0.1, 0.15) is 5.82 Å². The molecule has 1 N–H and O–H groups in total. The first-order valence-electron chi connectivity index (χ1n) is 5.98. The molecule has 1 unspecified atom stereocenters. The van der Waals surface area contributed by atoms with Crippen LogP contribution in [0.3, 0.4) is 0 Å². The molecule has 0 aliphatic carbocycles. The molecule has 0 aliphatic rings. The number of aliphatic hydroxyl groups is 1. The fourth-order valence-corrected chi connectivity index (χ4v) is 2.13. The maximum absolute atomic E-state index is 13.7. The quantitative estimate of drug-likeness (QED) is 0.868. The van der Waals surface area contributed by atoms with Crippen molar-refractivity contribution in [3.05, 3.63) is 70.0 Å². The van der Waals surface area contributed by atoms with Crippen molar-refractivity contribution in [2.75, 3.05) is 0 Å². The highest BCUT2D eigenvalue weighted by Gasteiger charge is 2.15. The van der Waals surface area contributed by atoms with Gasteiger partial charge >= 0.3 is 0 Å². The molecule has 1 nitrogen and oxygen atoms in total. The molecule has 2 rings (SSSR count). The van der Waals surface area contributed by atoms with Gasteiger partial charge in [-0.3, -0.25) is 0 Å². The topological polar surface area (TPSA) is 20.2 Å². The average molecular weight is 301 g/mol. The highest BCUT2D eigenvalue weighted by Crippen LogP contribution is 2.26. The van der Waals surface area contributed by atoms with Gasteiger partial charge < -0.3 is 5.11 Å². The summed E-state index contributed by atoms with van der Waals surface area (Å²) in [6, 6.07) is 9.95. The monoisotopic (exact) mass is 300 g/mol. The average Bonchev–Trinajstić information content (AvgIpc) is 2.44. The van der Waals surface area contributed by atoms with Crippen LogP contribution in [-0.2, 0) is 6.42 Å². The first kappa shape index (κ1) is 14.9. The maximum Gasteiger partial charge on any atom is 0.263 e. The number of halogens is 4. The molecular formula is C15H12ClF3O. The lowest BCUT2D eigenvalue weighted by molar-refractivity contribution is 0.149. The molecule has 2 aromatic carbocycles. The Labute approximate surface area is 119 Å². The molecule has 0 heterocycles. The summed E-state index contributed by atoms with van der Waals surface area (Å²) in [6.45, 7) is 0. The lowest BCUT2D eigenvalue weighted by Crippen LogP contribution is -2.04. The van der Waals surface area contributed by atoms with Crippen LogP contribution in [0, 0.1) is 5.82 Å². The number of aliphatic hydroxyl groups excluding tert-OH is 1. The second-order valence-electron chi connectivity index (χ2n) is 4.40. The highest BCUT2D eigenvalue weighted by molar-refractivity contribution is 6.30. The van der Waals surface area contributed by atoms with Crippen molar-refractivity contribution in [2.45, 2.75) is 19.0 Å². The van der Waals surface area contributed by atoms with Crippen LogP contribution in [-0.4, -0.2) is 5.11 Å². The van der Waals surface area contributed by atoms with Gasteiger partial charge in [0.05, 0.1) is 11.1 Å². The minimum atomic E-state index is -2.61. The molecule has 106 valence electrons. The van der Waals surface area contributed by atoms with Crippen molar-refractivity contribution in [2.24, 2.45) is 0 Å². The summed E-state index contributed by atoms with van der Waals surface area (Å²) >= 11 is 5.65. The van der Waals surface area contributed by atoms with Gasteiger partial charge in [0.25, 0.3) is 6.43 Å². The Kier molecular flexibility index (Phi) is 4.68. The van der Waals surface area contributed by atoms with E-state index in [0.29, 0.717) is 5.56 Å². The molecule has 0 fully saturated rings. The van der Waals surface area contributed by atoms with Gasteiger partial charge in [0, 0.05) is 12.0 Å². The van der Waals surface area contributed by atoms with Gasteiger partial charge in [0.15, 0.2) is 0 Å². The smallest absolute Gasteiger partial charge is 0.263 e. The van der Waals surface area contributed by atoms with E-state index in [2.05, 4.69) is 0 Å². The first-order valence-corrected chi connectivity index (χ1v) is 6.36. The predicted molar refractivity (Wildman–Crippen MR) is 71.5 cm³/mol. The van der Waals surface area contributed by atoms with E-state index in [4.69, 9.17) is 11.6 Å². The van der Waals surface area contributed by atoms with Crippen LogP contribution >= 0.6 is 11.6 Å². The number of alkyl halides is 2. The van der Waals surface area contributed by atoms with Crippen molar-refractivity contribution in [1.29, 1.82) is 0 Å². The Bertz CT molecular complexity index is 601. The Balaban J connectivity index is 2.21. The van der Waals surface area contributed by atoms with E-state index in [1.54, 1.807) is 6.07 Å². The van der Waals surface area contributed by atoms with Crippen molar-refractivity contribution >= 4 is 11.6 Å². The zero-order valence-corrected chi connectivity index (χ0v) is 11.1. The van der Waals surface area contributed by atoms with Crippen molar-refractivity contribution in [1.82, 2.24) is 0 Å². The normalized spacial score (nSPS) is 12.7. The molecule has 0 saturated heterocycles. The molecule has 0 aliphatic heterocycles. The van der Waals surface area contributed by atoms with Crippen molar-refractivity contribution in [3.8, 4) is 0 Å². The fourth-order valence-electron chi connectivity index (χ4n) is 1.93. The minimum absolute atomic E-state index is 0.0287. The van der Waals surface area contributed by atoms with E-state index in [0.717, 1.165) is 0 Å². The van der Waals surface area contributed by atoms with Gasteiger partial charge in [0.2, 0.25) is 0 Å². The summed E-state index contributed by atoms with van der Waals surface area (Å²) in [5.41, 5.74) is 0.391. The van der Waals surface area contributed by atoms with Crippen LogP contribution in [0.5, 0.6) is 0 Å². The molecule has 20 heavy (non-hydrogen) atoms. The largest absolute Gasteiger partial charge is 0.388 e. The lowest BCUT2D eigenvalue weighted by Gasteiger charge is -2.13. The van der Waals surface area contributed by atoms with E-state index in [9.17, 15) is 18.3 Å². The molecule has 2 aromatic rings. The van der Waals surface area contributed by atoms with Crippen molar-refractivity contribution in [3.63, 3.8) is 0 Å². The van der Waals surface area contributed by atoms with Gasteiger partial charge in [-0.15, -0.1) is 0 Å². The fraction of sp³-hybridized carbons (Fsp3) is 0.200. The molecule has 0 radical (unpaired) electrons. The molecule has 0 bridgehead atoms. The third kappa shape index (κ3) is 3.32. The van der Waals surface area contributed by atoms with E-state index in [-0.39, 0.29) is 22.6 Å². The molecule has 0 amide bonds. The van der Waals surface area contributed by atoms with E-state index in [1.165, 1.54) is 36.4 Å². The molecule has 5 heteroatoms. The second-order valence-corrected chi connectivity index (χ2v) is 4.81. The van der Waals surface area contributed by atoms with Crippen molar-refractivity contribution < 1.29 is 18.3 Å². The molecule has 1 atom stereocenters. The Hall–Kier alpha value is -1.52. The first-order chi connectivity index (χ1) is 9.49. The van der Waals surface area contributed by atoms with Gasteiger partial charge in [-0.05, 0) is 23.3 Å². The summed E-state index contributed by atoms with van der Waals surface area (Å²) < 4.78 is 38.9. The highest BCUT2D eigenvalue weighted by atomic mass is 35.5. The SMILES string of the molecule is OC(Cc1cccc(Cl)c1F)c1cccc(C(F)F)c1. The number of hydrogen-bond donors (Lipinski definition) is 1. The zero-order chi connectivity index (χ0) is 14.7. The molecule has 0 saturated carbocycles. The molecule has 0 aromatic heterocycles. The van der Waals surface area contributed by atoms with Crippen LogP contribution in [0.25, 0.3) is 0 Å². The maximum atomic E-state index is 13.7. The number of rotatable bonds is 4.